The average molecular weight is 326 g/mol. The maximum Gasteiger partial charge on any atom is 0.341 e. The van der Waals surface area contributed by atoms with E-state index in [1.54, 1.807) is 13.8 Å². The number of hydrogen-bond donors (Lipinski definition) is 4. The van der Waals surface area contributed by atoms with Gasteiger partial charge in [-0.2, -0.15) is 0 Å². The molecule has 2 rings (SSSR count). The molecule has 1 aromatic carbocycles. The predicted octanol–water partition coefficient (Wildman–Crippen LogP) is -0.431. The highest BCUT2D eigenvalue weighted by molar-refractivity contribution is 5.92. The number of carbonyl (C=O) groups is 1. The molecule has 7 nitrogen and oxygen atoms in total. The van der Waals surface area contributed by atoms with Crippen molar-refractivity contribution in [1.82, 2.24) is 0 Å². The zero-order chi connectivity index (χ0) is 17.3. The second-order valence-electron chi connectivity index (χ2n) is 5.88. The van der Waals surface area contributed by atoms with Gasteiger partial charge < -0.3 is 29.9 Å². The molecule has 0 aliphatic carbocycles. The van der Waals surface area contributed by atoms with E-state index in [-0.39, 0.29) is 0 Å². The first-order valence-electron chi connectivity index (χ1n) is 7.35. The third-order valence-corrected chi connectivity index (χ3v) is 3.95. The van der Waals surface area contributed by atoms with Crippen LogP contribution in [0, 0.1) is 20.8 Å². The second-order valence-corrected chi connectivity index (χ2v) is 5.88. The van der Waals surface area contributed by atoms with Crippen LogP contribution in [0.1, 0.15) is 27.0 Å². The summed E-state index contributed by atoms with van der Waals surface area (Å²) in [6, 6.07) is 3.66. The Kier molecular flexibility index (Phi) is 5.38. The molecule has 1 saturated heterocycles. The molecule has 128 valence electrons. The smallest absolute Gasteiger partial charge is 0.341 e. The number of carbonyl (C=O) groups excluding carboxylic acids is 1. The number of hydrogen-bond acceptors (Lipinski definition) is 7. The van der Waals surface area contributed by atoms with Crippen LogP contribution < -0.4 is 0 Å². The summed E-state index contributed by atoms with van der Waals surface area (Å²) >= 11 is 0. The maximum absolute atomic E-state index is 12.4. The average Bonchev–Trinajstić information content (AvgIpc) is 2.46. The summed E-state index contributed by atoms with van der Waals surface area (Å²) in [6.07, 6.45) is -7.28. The van der Waals surface area contributed by atoms with Crippen LogP contribution in [0.3, 0.4) is 0 Å². The van der Waals surface area contributed by atoms with Crippen LogP contribution in [0.15, 0.2) is 12.1 Å². The van der Waals surface area contributed by atoms with Gasteiger partial charge in [-0.05, 0) is 31.9 Å². The lowest BCUT2D eigenvalue weighted by Crippen LogP contribution is -2.59. The minimum Gasteiger partial charge on any atom is -0.429 e. The molecular weight excluding hydrogens is 304 g/mol. The molecule has 1 fully saturated rings. The van der Waals surface area contributed by atoms with Crippen LogP contribution >= 0.6 is 0 Å². The van der Waals surface area contributed by atoms with E-state index in [1.165, 1.54) is 0 Å². The fourth-order valence-corrected chi connectivity index (χ4v) is 2.83. The summed E-state index contributed by atoms with van der Waals surface area (Å²) in [4.78, 5) is 12.4. The quantitative estimate of drug-likeness (QED) is 0.557. The van der Waals surface area contributed by atoms with E-state index in [0.717, 1.165) is 16.7 Å². The van der Waals surface area contributed by atoms with Gasteiger partial charge in [0.1, 0.15) is 24.4 Å². The zero-order valence-corrected chi connectivity index (χ0v) is 13.3. The third kappa shape index (κ3) is 3.54. The first kappa shape index (κ1) is 17.8. The molecule has 1 aromatic rings. The molecule has 7 heteroatoms. The van der Waals surface area contributed by atoms with Gasteiger partial charge in [0, 0.05) is 0 Å². The Morgan fingerprint density at radius 2 is 1.65 bits per heavy atom. The standard InChI is InChI=1S/C16H22O7/c1-7-4-8(2)11(9(3)5-7)15(21)23-16-14(20)13(19)12(18)10(6-17)22-16/h4-5,10,12-14,16-20H,6H2,1-3H3/t10-,12+,13-,14+,16-/m1/s1. The molecule has 0 bridgehead atoms. The summed E-state index contributed by atoms with van der Waals surface area (Å²) in [7, 11) is 0. The van der Waals surface area contributed by atoms with E-state index in [1.807, 2.05) is 19.1 Å². The summed E-state index contributed by atoms with van der Waals surface area (Å²) in [5.41, 5.74) is 2.80. The number of aliphatic hydroxyl groups excluding tert-OH is 4. The van der Waals surface area contributed by atoms with Crippen molar-refractivity contribution in [3.63, 3.8) is 0 Å². The van der Waals surface area contributed by atoms with E-state index in [2.05, 4.69) is 0 Å². The lowest BCUT2D eigenvalue weighted by molar-refractivity contribution is -0.285. The van der Waals surface area contributed by atoms with Crippen molar-refractivity contribution < 1.29 is 34.7 Å². The van der Waals surface area contributed by atoms with Gasteiger partial charge in [0.15, 0.2) is 0 Å². The van der Waals surface area contributed by atoms with Crippen molar-refractivity contribution in [2.75, 3.05) is 6.61 Å². The largest absolute Gasteiger partial charge is 0.429 e. The van der Waals surface area contributed by atoms with Gasteiger partial charge in [-0.3, -0.25) is 0 Å². The number of aryl methyl sites for hydroxylation is 3. The number of rotatable bonds is 3. The second kappa shape index (κ2) is 6.94. The lowest BCUT2D eigenvalue weighted by atomic mass is 9.98. The highest BCUT2D eigenvalue weighted by Crippen LogP contribution is 2.24. The van der Waals surface area contributed by atoms with Crippen molar-refractivity contribution in [2.45, 2.75) is 51.5 Å². The topological polar surface area (TPSA) is 116 Å². The summed E-state index contributed by atoms with van der Waals surface area (Å²) in [6.45, 7) is 4.86. The van der Waals surface area contributed by atoms with Gasteiger partial charge in [0.25, 0.3) is 0 Å². The molecule has 1 aliphatic heterocycles. The molecule has 0 saturated carbocycles. The Labute approximate surface area is 134 Å². The summed E-state index contributed by atoms with van der Waals surface area (Å²) in [5, 5.41) is 38.5. The van der Waals surface area contributed by atoms with E-state index in [4.69, 9.17) is 14.6 Å². The van der Waals surface area contributed by atoms with E-state index in [9.17, 15) is 20.1 Å². The Morgan fingerprint density at radius 1 is 1.09 bits per heavy atom. The molecular formula is C16H22O7. The highest BCUT2D eigenvalue weighted by atomic mass is 16.7. The molecule has 0 spiro atoms. The van der Waals surface area contributed by atoms with Crippen molar-refractivity contribution in [1.29, 1.82) is 0 Å². The van der Waals surface area contributed by atoms with Crippen LogP contribution in [-0.2, 0) is 9.47 Å². The first-order valence-corrected chi connectivity index (χ1v) is 7.35. The molecule has 23 heavy (non-hydrogen) atoms. The van der Waals surface area contributed by atoms with Crippen molar-refractivity contribution >= 4 is 5.97 Å². The van der Waals surface area contributed by atoms with Crippen molar-refractivity contribution in [2.24, 2.45) is 0 Å². The zero-order valence-electron chi connectivity index (χ0n) is 13.3. The Morgan fingerprint density at radius 3 is 2.17 bits per heavy atom. The molecule has 5 atom stereocenters. The summed E-state index contributed by atoms with van der Waals surface area (Å²) in [5.74, 6) is -0.704. The molecule has 1 heterocycles. The van der Waals surface area contributed by atoms with E-state index in [0.29, 0.717) is 5.56 Å². The number of aliphatic hydroxyl groups is 4. The van der Waals surface area contributed by atoms with Gasteiger partial charge in [-0.15, -0.1) is 0 Å². The lowest BCUT2D eigenvalue weighted by Gasteiger charge is -2.39. The van der Waals surface area contributed by atoms with Crippen LogP contribution in [0.4, 0.5) is 0 Å². The number of ether oxygens (including phenoxy) is 2. The Bertz CT molecular complexity index is 561. The SMILES string of the molecule is Cc1cc(C)c(C(=O)O[C@H]2O[C@H](CO)[C@H](O)[C@@H](O)[C@@H]2O)c(C)c1. The maximum atomic E-state index is 12.4. The molecule has 0 amide bonds. The normalized spacial score (nSPS) is 31.0. The fraction of sp³-hybridized carbons (Fsp3) is 0.562. The van der Waals surface area contributed by atoms with Gasteiger partial charge in [-0.1, -0.05) is 17.7 Å². The highest BCUT2D eigenvalue weighted by Gasteiger charge is 2.45. The number of benzene rings is 1. The molecule has 4 N–H and O–H groups in total. The minimum atomic E-state index is -1.61. The monoisotopic (exact) mass is 326 g/mol. The fourth-order valence-electron chi connectivity index (χ4n) is 2.83. The van der Waals surface area contributed by atoms with Crippen LogP contribution in [0.25, 0.3) is 0 Å². The van der Waals surface area contributed by atoms with Gasteiger partial charge >= 0.3 is 5.97 Å². The van der Waals surface area contributed by atoms with Gasteiger partial charge in [0.2, 0.25) is 6.29 Å². The summed E-state index contributed by atoms with van der Waals surface area (Å²) < 4.78 is 10.3. The van der Waals surface area contributed by atoms with E-state index >= 15 is 0 Å². The Balaban J connectivity index is 2.20. The van der Waals surface area contributed by atoms with Gasteiger partial charge in [0.05, 0.1) is 12.2 Å². The van der Waals surface area contributed by atoms with Crippen molar-refractivity contribution in [3.05, 3.63) is 34.4 Å². The van der Waals surface area contributed by atoms with Crippen molar-refractivity contribution in [3.8, 4) is 0 Å². The predicted molar refractivity (Wildman–Crippen MR) is 79.8 cm³/mol. The molecule has 0 radical (unpaired) electrons. The van der Waals surface area contributed by atoms with Crippen LogP contribution in [0.5, 0.6) is 0 Å². The third-order valence-electron chi connectivity index (χ3n) is 3.95. The number of esters is 1. The van der Waals surface area contributed by atoms with Crippen LogP contribution in [-0.4, -0.2) is 63.7 Å². The first-order chi connectivity index (χ1) is 10.8. The minimum absolute atomic E-state index is 0.354. The Hall–Kier alpha value is -1.51. The van der Waals surface area contributed by atoms with Gasteiger partial charge in [-0.25, -0.2) is 4.79 Å². The van der Waals surface area contributed by atoms with Crippen LogP contribution in [0.2, 0.25) is 0 Å². The van der Waals surface area contributed by atoms with E-state index < -0.39 is 43.3 Å². The molecule has 0 unspecified atom stereocenters. The molecule has 1 aliphatic rings. The molecule has 0 aromatic heterocycles.